The Labute approximate surface area is 162 Å². The van der Waals surface area contributed by atoms with Gasteiger partial charge >= 0.3 is 0 Å². The molecule has 5 nitrogen and oxygen atoms in total. The van der Waals surface area contributed by atoms with Crippen LogP contribution >= 0.6 is 24.0 Å². The number of aromatic nitrogens is 2. The van der Waals surface area contributed by atoms with Crippen molar-refractivity contribution in [3.8, 4) is 0 Å². The number of hydrogen-bond donors (Lipinski definition) is 2. The second kappa shape index (κ2) is 9.05. The molecule has 1 unspecified atom stereocenters. The van der Waals surface area contributed by atoms with E-state index in [-0.39, 0.29) is 30.0 Å². The number of benzene rings is 1. The Balaban J connectivity index is 0.00000288. The molecule has 2 rings (SSSR count). The molecule has 0 aliphatic rings. The molecule has 24 heavy (non-hydrogen) atoms. The van der Waals surface area contributed by atoms with Crippen molar-refractivity contribution in [2.24, 2.45) is 12.0 Å². The second-order valence-corrected chi connectivity index (χ2v) is 5.92. The minimum atomic E-state index is 0. The maximum atomic E-state index is 4.45. The summed E-state index contributed by atoms with van der Waals surface area (Å²) in [4.78, 5) is 4.33. The first-order valence-corrected chi connectivity index (χ1v) is 7.95. The predicted octanol–water partition coefficient (Wildman–Crippen LogP) is 3.39. The van der Waals surface area contributed by atoms with Crippen LogP contribution < -0.4 is 10.6 Å². The molecular formula is C18H28IN5. The monoisotopic (exact) mass is 441 g/mol. The summed E-state index contributed by atoms with van der Waals surface area (Å²) in [5.74, 6) is 0.795. The van der Waals surface area contributed by atoms with Crippen LogP contribution in [0.1, 0.15) is 41.0 Å². The predicted molar refractivity (Wildman–Crippen MR) is 111 cm³/mol. The van der Waals surface area contributed by atoms with Crippen LogP contribution in [0.2, 0.25) is 0 Å². The molecule has 1 atom stereocenters. The lowest BCUT2D eigenvalue weighted by molar-refractivity contribution is 0.680. The minimum absolute atomic E-state index is 0. The van der Waals surface area contributed by atoms with E-state index in [0.717, 1.165) is 11.7 Å². The van der Waals surface area contributed by atoms with Crippen molar-refractivity contribution in [3.05, 3.63) is 52.3 Å². The van der Waals surface area contributed by atoms with Crippen molar-refractivity contribution in [1.82, 2.24) is 20.4 Å². The zero-order valence-electron chi connectivity index (χ0n) is 15.3. The van der Waals surface area contributed by atoms with Gasteiger partial charge in [-0.2, -0.15) is 5.10 Å². The van der Waals surface area contributed by atoms with Gasteiger partial charge in [0, 0.05) is 31.9 Å². The van der Waals surface area contributed by atoms with E-state index in [1.165, 1.54) is 22.4 Å². The van der Waals surface area contributed by atoms with Gasteiger partial charge in [-0.05, 0) is 38.8 Å². The lowest BCUT2D eigenvalue weighted by atomic mass is 10.0. The molecule has 1 aromatic heterocycles. The van der Waals surface area contributed by atoms with Gasteiger partial charge in [-0.3, -0.25) is 9.67 Å². The van der Waals surface area contributed by atoms with Crippen molar-refractivity contribution >= 4 is 29.9 Å². The van der Waals surface area contributed by atoms with Crippen LogP contribution in [-0.2, 0) is 13.6 Å². The first-order valence-electron chi connectivity index (χ1n) is 7.95. The summed E-state index contributed by atoms with van der Waals surface area (Å²) >= 11 is 0. The van der Waals surface area contributed by atoms with Crippen molar-refractivity contribution in [1.29, 1.82) is 0 Å². The van der Waals surface area contributed by atoms with Gasteiger partial charge in [-0.1, -0.05) is 24.3 Å². The Kier molecular flexibility index (Phi) is 7.72. The SMILES string of the molecule is CN=C(NCc1c(C)nn(C)c1C)NC(C)c1ccccc1C.I. The van der Waals surface area contributed by atoms with Gasteiger partial charge in [0.1, 0.15) is 0 Å². The number of rotatable bonds is 4. The largest absolute Gasteiger partial charge is 0.352 e. The molecule has 132 valence electrons. The maximum Gasteiger partial charge on any atom is 0.191 e. The summed E-state index contributed by atoms with van der Waals surface area (Å²) < 4.78 is 1.92. The van der Waals surface area contributed by atoms with Crippen LogP contribution in [0.25, 0.3) is 0 Å². The Morgan fingerprint density at radius 1 is 1.25 bits per heavy atom. The summed E-state index contributed by atoms with van der Waals surface area (Å²) in [6.07, 6.45) is 0. The highest BCUT2D eigenvalue weighted by atomic mass is 127. The van der Waals surface area contributed by atoms with E-state index < -0.39 is 0 Å². The average Bonchev–Trinajstić information content (AvgIpc) is 2.77. The molecule has 2 aromatic rings. The molecular weight excluding hydrogens is 413 g/mol. The molecule has 0 aliphatic heterocycles. The highest BCUT2D eigenvalue weighted by Gasteiger charge is 2.12. The Morgan fingerprint density at radius 2 is 1.92 bits per heavy atom. The smallest absolute Gasteiger partial charge is 0.191 e. The number of hydrogen-bond acceptors (Lipinski definition) is 2. The molecule has 6 heteroatoms. The Morgan fingerprint density at radius 3 is 2.46 bits per heavy atom. The summed E-state index contributed by atoms with van der Waals surface area (Å²) in [6, 6.07) is 8.60. The van der Waals surface area contributed by atoms with E-state index in [0.29, 0.717) is 6.54 Å². The third-order valence-corrected chi connectivity index (χ3v) is 4.32. The summed E-state index contributed by atoms with van der Waals surface area (Å²) in [7, 11) is 3.77. The van der Waals surface area contributed by atoms with Gasteiger partial charge in [-0.25, -0.2) is 0 Å². The van der Waals surface area contributed by atoms with Crippen molar-refractivity contribution < 1.29 is 0 Å². The third kappa shape index (κ3) is 4.72. The van der Waals surface area contributed by atoms with E-state index in [9.17, 15) is 0 Å². The summed E-state index contributed by atoms with van der Waals surface area (Å²) in [5.41, 5.74) is 6.02. The van der Waals surface area contributed by atoms with E-state index in [4.69, 9.17) is 0 Å². The van der Waals surface area contributed by atoms with E-state index >= 15 is 0 Å². The van der Waals surface area contributed by atoms with Gasteiger partial charge in [0.25, 0.3) is 0 Å². The van der Waals surface area contributed by atoms with Crippen LogP contribution in [0, 0.1) is 20.8 Å². The van der Waals surface area contributed by atoms with Crippen molar-refractivity contribution in [3.63, 3.8) is 0 Å². The lowest BCUT2D eigenvalue weighted by Gasteiger charge is -2.20. The molecule has 1 heterocycles. The topological polar surface area (TPSA) is 54.2 Å². The molecule has 0 amide bonds. The van der Waals surface area contributed by atoms with E-state index in [2.05, 4.69) is 65.8 Å². The second-order valence-electron chi connectivity index (χ2n) is 5.92. The Hall–Kier alpha value is -1.57. The van der Waals surface area contributed by atoms with Gasteiger partial charge in [-0.15, -0.1) is 24.0 Å². The molecule has 0 saturated heterocycles. The molecule has 2 N–H and O–H groups in total. The lowest BCUT2D eigenvalue weighted by Crippen LogP contribution is -2.38. The van der Waals surface area contributed by atoms with Crippen molar-refractivity contribution in [2.45, 2.75) is 40.3 Å². The number of guanidine groups is 1. The standard InChI is InChI=1S/C18H27N5.HI/c1-12-9-7-8-10-16(12)13(2)21-18(19-5)20-11-17-14(3)22-23(6)15(17)4;/h7-10,13H,11H2,1-6H3,(H2,19,20,21);1H. The van der Waals surface area contributed by atoms with E-state index in [1.54, 1.807) is 7.05 Å². The van der Waals surface area contributed by atoms with Gasteiger partial charge in [0.15, 0.2) is 5.96 Å². The number of nitrogens with zero attached hydrogens (tertiary/aromatic N) is 3. The van der Waals surface area contributed by atoms with Gasteiger partial charge in [0.2, 0.25) is 0 Å². The fourth-order valence-electron chi connectivity index (χ4n) is 2.80. The minimum Gasteiger partial charge on any atom is -0.352 e. The summed E-state index contributed by atoms with van der Waals surface area (Å²) in [6.45, 7) is 9.12. The number of nitrogens with one attached hydrogen (secondary N) is 2. The number of aryl methyl sites for hydroxylation is 3. The molecule has 0 radical (unpaired) electrons. The Bertz CT molecular complexity index is 705. The number of aliphatic imine (C=N–C) groups is 1. The van der Waals surface area contributed by atoms with Gasteiger partial charge in [0.05, 0.1) is 11.7 Å². The van der Waals surface area contributed by atoms with Crippen LogP contribution in [0.15, 0.2) is 29.3 Å². The fourth-order valence-corrected chi connectivity index (χ4v) is 2.80. The zero-order valence-corrected chi connectivity index (χ0v) is 17.7. The molecule has 0 spiro atoms. The van der Waals surface area contributed by atoms with Crippen LogP contribution in [0.3, 0.4) is 0 Å². The molecule has 0 aliphatic carbocycles. The quantitative estimate of drug-likeness (QED) is 0.435. The average molecular weight is 441 g/mol. The molecule has 0 bridgehead atoms. The molecule has 0 saturated carbocycles. The normalized spacial score (nSPS) is 12.5. The third-order valence-electron chi connectivity index (χ3n) is 4.32. The summed E-state index contributed by atoms with van der Waals surface area (Å²) in [5, 5.41) is 11.3. The van der Waals surface area contributed by atoms with Crippen LogP contribution in [0.5, 0.6) is 0 Å². The first-order chi connectivity index (χ1) is 10.9. The fraction of sp³-hybridized carbons (Fsp3) is 0.444. The molecule has 0 fully saturated rings. The highest BCUT2D eigenvalue weighted by molar-refractivity contribution is 14.0. The highest BCUT2D eigenvalue weighted by Crippen LogP contribution is 2.16. The van der Waals surface area contributed by atoms with Crippen LogP contribution in [0.4, 0.5) is 0 Å². The number of halogens is 1. The zero-order chi connectivity index (χ0) is 17.0. The molecule has 1 aromatic carbocycles. The van der Waals surface area contributed by atoms with Crippen molar-refractivity contribution in [2.75, 3.05) is 7.05 Å². The first kappa shape index (κ1) is 20.5. The van der Waals surface area contributed by atoms with Gasteiger partial charge < -0.3 is 10.6 Å². The van der Waals surface area contributed by atoms with E-state index in [1.807, 2.05) is 18.7 Å². The van der Waals surface area contributed by atoms with Crippen LogP contribution in [-0.4, -0.2) is 22.8 Å². The maximum absolute atomic E-state index is 4.45.